The molecule has 0 spiro atoms. The molecule has 100 valence electrons. The molecule has 1 unspecified atom stereocenters. The molecule has 0 bridgehead atoms. The van der Waals surface area contributed by atoms with Crippen molar-refractivity contribution in [2.45, 2.75) is 19.4 Å². The van der Waals surface area contributed by atoms with E-state index in [4.69, 9.17) is 22.1 Å². The molecule has 3 heteroatoms. The Morgan fingerprint density at radius 3 is 2.53 bits per heavy atom. The van der Waals surface area contributed by atoms with Crippen LogP contribution in [0.5, 0.6) is 5.75 Å². The zero-order chi connectivity index (χ0) is 13.7. The van der Waals surface area contributed by atoms with Crippen molar-refractivity contribution in [2.24, 2.45) is 5.73 Å². The molecule has 0 aliphatic heterocycles. The van der Waals surface area contributed by atoms with E-state index >= 15 is 0 Å². The highest BCUT2D eigenvalue weighted by Crippen LogP contribution is 2.27. The summed E-state index contributed by atoms with van der Waals surface area (Å²) in [6.45, 7) is 2.54. The zero-order valence-electron chi connectivity index (χ0n) is 11.0. The molecule has 0 amide bonds. The predicted molar refractivity (Wildman–Crippen MR) is 79.7 cm³/mol. The third kappa shape index (κ3) is 3.98. The summed E-state index contributed by atoms with van der Waals surface area (Å²) in [5.74, 6) is 0.710. The van der Waals surface area contributed by atoms with Gasteiger partial charge in [-0.3, -0.25) is 0 Å². The Labute approximate surface area is 119 Å². The van der Waals surface area contributed by atoms with Crippen LogP contribution in [0.4, 0.5) is 0 Å². The van der Waals surface area contributed by atoms with E-state index < -0.39 is 0 Å². The number of rotatable bonds is 5. The van der Waals surface area contributed by atoms with Crippen molar-refractivity contribution in [3.8, 4) is 5.75 Å². The van der Waals surface area contributed by atoms with Gasteiger partial charge in [0.15, 0.2) is 0 Å². The highest BCUT2D eigenvalue weighted by atomic mass is 35.5. The van der Waals surface area contributed by atoms with Crippen molar-refractivity contribution in [3.05, 3.63) is 64.7 Å². The van der Waals surface area contributed by atoms with E-state index in [0.717, 1.165) is 12.0 Å². The third-order valence-electron chi connectivity index (χ3n) is 2.97. The second kappa shape index (κ2) is 6.60. The molecule has 0 aromatic heterocycles. The Bertz CT molecular complexity index is 526. The minimum Gasteiger partial charge on any atom is -0.492 e. The maximum atomic E-state index is 6.17. The molecule has 2 aromatic carbocycles. The number of hydrogen-bond donors (Lipinski definition) is 1. The van der Waals surface area contributed by atoms with Crippen molar-refractivity contribution in [1.29, 1.82) is 0 Å². The first-order valence-electron chi connectivity index (χ1n) is 6.38. The number of hydrogen-bond acceptors (Lipinski definition) is 2. The molecule has 0 heterocycles. The van der Waals surface area contributed by atoms with Crippen LogP contribution in [0.15, 0.2) is 48.5 Å². The quantitative estimate of drug-likeness (QED) is 0.896. The van der Waals surface area contributed by atoms with Crippen molar-refractivity contribution in [1.82, 2.24) is 0 Å². The minimum atomic E-state index is -0.0177. The monoisotopic (exact) mass is 275 g/mol. The molecular weight excluding hydrogens is 258 g/mol. The van der Waals surface area contributed by atoms with E-state index in [1.807, 2.05) is 43.3 Å². The highest BCUT2D eigenvalue weighted by Gasteiger charge is 2.05. The average molecular weight is 276 g/mol. The summed E-state index contributed by atoms with van der Waals surface area (Å²) in [6, 6.07) is 15.9. The molecule has 2 nitrogen and oxygen atoms in total. The van der Waals surface area contributed by atoms with Gasteiger partial charge < -0.3 is 10.5 Å². The van der Waals surface area contributed by atoms with Gasteiger partial charge in [0.05, 0.1) is 11.6 Å². The number of halogens is 1. The summed E-state index contributed by atoms with van der Waals surface area (Å²) in [6.07, 6.45) is 0.867. The van der Waals surface area contributed by atoms with E-state index in [0.29, 0.717) is 17.4 Å². The maximum absolute atomic E-state index is 6.17. The number of nitrogens with two attached hydrogens (primary N) is 1. The van der Waals surface area contributed by atoms with Crippen LogP contribution in [0.25, 0.3) is 0 Å². The molecule has 0 saturated heterocycles. The van der Waals surface area contributed by atoms with Gasteiger partial charge >= 0.3 is 0 Å². The largest absolute Gasteiger partial charge is 0.492 e. The van der Waals surface area contributed by atoms with Gasteiger partial charge in [0, 0.05) is 12.5 Å². The molecular formula is C16H18ClNO. The lowest BCUT2D eigenvalue weighted by molar-refractivity contribution is 0.322. The smallest absolute Gasteiger partial charge is 0.137 e. The van der Waals surface area contributed by atoms with Gasteiger partial charge in [0.2, 0.25) is 0 Å². The minimum absolute atomic E-state index is 0.0177. The van der Waals surface area contributed by atoms with Crippen LogP contribution in [-0.4, -0.2) is 6.61 Å². The summed E-state index contributed by atoms with van der Waals surface area (Å²) >= 11 is 6.17. The topological polar surface area (TPSA) is 35.2 Å². The van der Waals surface area contributed by atoms with Gasteiger partial charge in [-0.2, -0.15) is 0 Å². The molecule has 0 saturated carbocycles. The Kier molecular flexibility index (Phi) is 4.83. The van der Waals surface area contributed by atoms with Gasteiger partial charge in [-0.05, 0) is 30.2 Å². The molecule has 2 N–H and O–H groups in total. The van der Waals surface area contributed by atoms with Crippen molar-refractivity contribution in [3.63, 3.8) is 0 Å². The molecule has 2 rings (SSSR count). The second-order valence-electron chi connectivity index (χ2n) is 4.56. The molecule has 0 radical (unpaired) electrons. The fraction of sp³-hybridized carbons (Fsp3) is 0.250. The summed E-state index contributed by atoms with van der Waals surface area (Å²) in [4.78, 5) is 0. The van der Waals surface area contributed by atoms with Crippen LogP contribution in [0.1, 0.15) is 24.1 Å². The van der Waals surface area contributed by atoms with E-state index in [1.54, 1.807) is 0 Å². The van der Waals surface area contributed by atoms with Crippen molar-refractivity contribution >= 4 is 11.6 Å². The van der Waals surface area contributed by atoms with E-state index in [1.165, 1.54) is 5.56 Å². The van der Waals surface area contributed by atoms with Gasteiger partial charge in [0.25, 0.3) is 0 Å². The van der Waals surface area contributed by atoms with Crippen molar-refractivity contribution < 1.29 is 4.74 Å². The SMILES string of the molecule is CC(N)c1ccc(OCCc2ccccc2)c(Cl)c1. The molecule has 0 aliphatic carbocycles. The zero-order valence-corrected chi connectivity index (χ0v) is 11.7. The molecule has 0 fully saturated rings. The first kappa shape index (κ1) is 13.9. The Morgan fingerprint density at radius 2 is 1.89 bits per heavy atom. The maximum Gasteiger partial charge on any atom is 0.137 e. The summed E-state index contributed by atoms with van der Waals surface area (Å²) in [7, 11) is 0. The fourth-order valence-corrected chi connectivity index (χ4v) is 2.08. The van der Waals surface area contributed by atoms with Gasteiger partial charge in [0.1, 0.15) is 5.75 Å². The van der Waals surface area contributed by atoms with Crippen LogP contribution in [0.3, 0.4) is 0 Å². The summed E-state index contributed by atoms with van der Waals surface area (Å²) < 4.78 is 5.70. The van der Waals surface area contributed by atoms with Crippen LogP contribution in [0, 0.1) is 0 Å². The van der Waals surface area contributed by atoms with Gasteiger partial charge in [-0.15, -0.1) is 0 Å². The lowest BCUT2D eigenvalue weighted by atomic mass is 10.1. The first-order valence-corrected chi connectivity index (χ1v) is 6.76. The Balaban J connectivity index is 1.93. The van der Waals surface area contributed by atoms with E-state index in [-0.39, 0.29) is 6.04 Å². The second-order valence-corrected chi connectivity index (χ2v) is 4.97. The average Bonchev–Trinajstić information content (AvgIpc) is 2.41. The normalized spacial score (nSPS) is 12.2. The molecule has 19 heavy (non-hydrogen) atoms. The van der Waals surface area contributed by atoms with Crippen LogP contribution in [-0.2, 0) is 6.42 Å². The van der Waals surface area contributed by atoms with E-state index in [2.05, 4.69) is 12.1 Å². The van der Waals surface area contributed by atoms with Gasteiger partial charge in [-0.25, -0.2) is 0 Å². The third-order valence-corrected chi connectivity index (χ3v) is 3.27. The Hall–Kier alpha value is -1.51. The predicted octanol–water partition coefficient (Wildman–Crippen LogP) is 3.98. The first-order chi connectivity index (χ1) is 9.16. The van der Waals surface area contributed by atoms with Crippen LogP contribution >= 0.6 is 11.6 Å². The summed E-state index contributed by atoms with van der Waals surface area (Å²) in [5, 5.41) is 0.614. The standard InChI is InChI=1S/C16H18ClNO/c1-12(18)14-7-8-16(15(17)11-14)19-10-9-13-5-3-2-4-6-13/h2-8,11-12H,9-10,18H2,1H3. The molecule has 1 atom stereocenters. The lowest BCUT2D eigenvalue weighted by Crippen LogP contribution is -2.06. The van der Waals surface area contributed by atoms with Crippen LogP contribution in [0.2, 0.25) is 5.02 Å². The number of benzene rings is 2. The van der Waals surface area contributed by atoms with E-state index in [9.17, 15) is 0 Å². The van der Waals surface area contributed by atoms with Crippen LogP contribution < -0.4 is 10.5 Å². The van der Waals surface area contributed by atoms with Gasteiger partial charge in [-0.1, -0.05) is 48.0 Å². The fourth-order valence-electron chi connectivity index (χ4n) is 1.84. The van der Waals surface area contributed by atoms with Crippen molar-refractivity contribution in [2.75, 3.05) is 6.61 Å². The summed E-state index contributed by atoms with van der Waals surface area (Å²) in [5.41, 5.74) is 8.08. The number of ether oxygens (including phenoxy) is 1. The lowest BCUT2D eigenvalue weighted by Gasteiger charge is -2.11. The highest BCUT2D eigenvalue weighted by molar-refractivity contribution is 6.32. The molecule has 0 aliphatic rings. The molecule has 2 aromatic rings. The Morgan fingerprint density at radius 1 is 1.16 bits per heavy atom.